The number of ether oxygens (including phenoxy) is 1. The van der Waals surface area contributed by atoms with E-state index in [0.29, 0.717) is 5.92 Å². The van der Waals surface area contributed by atoms with E-state index in [4.69, 9.17) is 4.74 Å². The van der Waals surface area contributed by atoms with Gasteiger partial charge in [0.1, 0.15) is 5.75 Å². The van der Waals surface area contributed by atoms with Crippen molar-refractivity contribution < 1.29 is 13.5 Å². The number of halogens is 2. The summed E-state index contributed by atoms with van der Waals surface area (Å²) in [5.41, 5.74) is 4.03. The number of hydrogen-bond acceptors (Lipinski definition) is 1. The van der Waals surface area contributed by atoms with Gasteiger partial charge in [-0.25, -0.2) is 0 Å². The minimum atomic E-state index is -3.28. The summed E-state index contributed by atoms with van der Waals surface area (Å²) >= 11 is 0. The Morgan fingerprint density at radius 3 is 1.83 bits per heavy atom. The molecule has 2 aliphatic carbocycles. The standard InChI is InChI=1S/C32H42F2O/c1-3-5-25-6-12-27(13-7-25)29-16-18-30(19-17-29)28-14-8-26(9-15-28)22-23-32(33,34)35-31-20-10-24(4-2)11-21-31/h10-11,16-23,25-28H,3-9,12-15H2,1-2H3. The highest BCUT2D eigenvalue weighted by Gasteiger charge is 2.29. The number of benzene rings is 2. The van der Waals surface area contributed by atoms with Gasteiger partial charge in [-0.15, -0.1) is 0 Å². The van der Waals surface area contributed by atoms with Gasteiger partial charge in [0.2, 0.25) is 0 Å². The molecule has 0 N–H and O–H groups in total. The summed E-state index contributed by atoms with van der Waals surface area (Å²) in [4.78, 5) is 0. The van der Waals surface area contributed by atoms with Crippen molar-refractivity contribution in [3.8, 4) is 5.75 Å². The molecule has 0 atom stereocenters. The van der Waals surface area contributed by atoms with Crippen LogP contribution < -0.4 is 4.74 Å². The summed E-state index contributed by atoms with van der Waals surface area (Å²) < 4.78 is 33.6. The quantitative estimate of drug-likeness (QED) is 0.324. The molecule has 0 amide bonds. The average Bonchev–Trinajstić information content (AvgIpc) is 2.89. The number of allylic oxidation sites excluding steroid dienone is 1. The fourth-order valence-electron chi connectivity index (χ4n) is 6.11. The van der Waals surface area contributed by atoms with Gasteiger partial charge in [-0.1, -0.05) is 69.2 Å². The largest absolute Gasteiger partial charge is 0.429 e. The molecule has 35 heavy (non-hydrogen) atoms. The summed E-state index contributed by atoms with van der Waals surface area (Å²) in [6.45, 7) is 4.34. The van der Waals surface area contributed by atoms with Crippen molar-refractivity contribution >= 4 is 0 Å². The topological polar surface area (TPSA) is 9.23 Å². The lowest BCUT2D eigenvalue weighted by molar-refractivity contribution is -0.132. The first-order valence-electron chi connectivity index (χ1n) is 13.9. The Morgan fingerprint density at radius 1 is 0.771 bits per heavy atom. The molecule has 3 heteroatoms. The molecule has 1 nitrogen and oxygen atoms in total. The molecule has 0 unspecified atom stereocenters. The number of rotatable bonds is 9. The van der Waals surface area contributed by atoms with Crippen LogP contribution in [0.25, 0.3) is 0 Å². The second-order valence-corrected chi connectivity index (χ2v) is 10.8. The first kappa shape index (κ1) is 25.9. The van der Waals surface area contributed by atoms with Crippen LogP contribution in [0.15, 0.2) is 60.7 Å². The molecule has 2 saturated carbocycles. The summed E-state index contributed by atoms with van der Waals surface area (Å²) in [5.74, 6) is 2.62. The maximum Gasteiger partial charge on any atom is 0.419 e. The third-order valence-electron chi connectivity index (χ3n) is 8.34. The van der Waals surface area contributed by atoms with Crippen LogP contribution in [-0.4, -0.2) is 6.11 Å². The van der Waals surface area contributed by atoms with Crippen molar-refractivity contribution in [3.05, 3.63) is 77.4 Å². The zero-order valence-electron chi connectivity index (χ0n) is 21.5. The van der Waals surface area contributed by atoms with Crippen LogP contribution in [0.5, 0.6) is 5.75 Å². The molecular formula is C32H42F2O. The summed E-state index contributed by atoms with van der Waals surface area (Å²) in [5, 5.41) is 0. The minimum Gasteiger partial charge on any atom is -0.429 e. The number of aryl methyl sites for hydroxylation is 1. The normalized spacial score (nSPS) is 25.6. The van der Waals surface area contributed by atoms with Crippen LogP contribution >= 0.6 is 0 Å². The van der Waals surface area contributed by atoms with E-state index < -0.39 is 6.11 Å². The van der Waals surface area contributed by atoms with Gasteiger partial charge < -0.3 is 4.74 Å². The third kappa shape index (κ3) is 7.41. The molecule has 0 radical (unpaired) electrons. The Labute approximate surface area is 211 Å². The molecule has 2 aromatic carbocycles. The third-order valence-corrected chi connectivity index (χ3v) is 8.34. The van der Waals surface area contributed by atoms with E-state index in [9.17, 15) is 8.78 Å². The summed E-state index contributed by atoms with van der Waals surface area (Å²) in [7, 11) is 0. The fourth-order valence-corrected chi connectivity index (χ4v) is 6.11. The van der Waals surface area contributed by atoms with Crippen LogP contribution in [0.3, 0.4) is 0 Å². The average molecular weight is 481 g/mol. The highest BCUT2D eigenvalue weighted by molar-refractivity contribution is 5.29. The van der Waals surface area contributed by atoms with Gasteiger partial charge in [0.25, 0.3) is 0 Å². The lowest BCUT2D eigenvalue weighted by Gasteiger charge is -2.30. The van der Waals surface area contributed by atoms with Crippen LogP contribution in [-0.2, 0) is 6.42 Å². The van der Waals surface area contributed by atoms with E-state index in [-0.39, 0.29) is 11.7 Å². The number of alkyl halides is 2. The van der Waals surface area contributed by atoms with Crippen molar-refractivity contribution in [1.82, 2.24) is 0 Å². The number of hydrogen-bond donors (Lipinski definition) is 0. The van der Waals surface area contributed by atoms with Crippen LogP contribution in [0.1, 0.15) is 107 Å². The highest BCUT2D eigenvalue weighted by atomic mass is 19.3. The zero-order chi connectivity index (χ0) is 24.7. The second-order valence-electron chi connectivity index (χ2n) is 10.8. The van der Waals surface area contributed by atoms with Crippen LogP contribution in [0.2, 0.25) is 0 Å². The molecule has 0 heterocycles. The molecule has 4 rings (SSSR count). The van der Waals surface area contributed by atoms with Crippen molar-refractivity contribution in [2.45, 2.75) is 102 Å². The van der Waals surface area contributed by atoms with Gasteiger partial charge in [-0.3, -0.25) is 0 Å². The summed E-state index contributed by atoms with van der Waals surface area (Å²) in [6, 6.07) is 16.3. The van der Waals surface area contributed by atoms with Crippen molar-refractivity contribution in [2.75, 3.05) is 0 Å². The Bertz CT molecular complexity index is 915. The van der Waals surface area contributed by atoms with Gasteiger partial charge in [0, 0.05) is 6.08 Å². The van der Waals surface area contributed by atoms with Crippen LogP contribution in [0.4, 0.5) is 8.78 Å². The first-order valence-corrected chi connectivity index (χ1v) is 13.9. The lowest BCUT2D eigenvalue weighted by atomic mass is 9.76. The van der Waals surface area contributed by atoms with Gasteiger partial charge in [-0.2, -0.15) is 8.78 Å². The van der Waals surface area contributed by atoms with E-state index in [1.165, 1.54) is 49.7 Å². The molecule has 0 spiro atoms. The molecule has 0 aromatic heterocycles. The summed E-state index contributed by atoms with van der Waals surface area (Å²) in [6.07, 6.45) is 12.4. The van der Waals surface area contributed by atoms with Gasteiger partial charge in [-0.05, 0) is 110 Å². The van der Waals surface area contributed by atoms with E-state index in [1.807, 2.05) is 19.1 Å². The fraction of sp³-hybridized carbons (Fsp3) is 0.562. The van der Waals surface area contributed by atoms with Crippen LogP contribution in [0, 0.1) is 11.8 Å². The Balaban J connectivity index is 1.24. The minimum absolute atomic E-state index is 0.195. The van der Waals surface area contributed by atoms with E-state index in [1.54, 1.807) is 18.2 Å². The van der Waals surface area contributed by atoms with Crippen molar-refractivity contribution in [3.63, 3.8) is 0 Å². The zero-order valence-corrected chi connectivity index (χ0v) is 21.5. The Morgan fingerprint density at radius 2 is 1.31 bits per heavy atom. The van der Waals surface area contributed by atoms with Crippen molar-refractivity contribution in [2.24, 2.45) is 11.8 Å². The molecular weight excluding hydrogens is 438 g/mol. The molecule has 2 aliphatic rings. The Hall–Kier alpha value is -2.16. The SMILES string of the molecule is CCCC1CCC(c2ccc(C3CCC(C=CC(F)(F)Oc4ccc(CC)cc4)CC3)cc2)CC1. The maximum atomic E-state index is 14.3. The predicted molar refractivity (Wildman–Crippen MR) is 141 cm³/mol. The van der Waals surface area contributed by atoms with E-state index >= 15 is 0 Å². The van der Waals surface area contributed by atoms with E-state index in [0.717, 1.165) is 55.6 Å². The molecule has 2 fully saturated rings. The predicted octanol–water partition coefficient (Wildman–Crippen LogP) is 9.82. The van der Waals surface area contributed by atoms with Gasteiger partial charge in [0.05, 0.1) is 0 Å². The van der Waals surface area contributed by atoms with Crippen molar-refractivity contribution in [1.29, 1.82) is 0 Å². The molecule has 190 valence electrons. The maximum absolute atomic E-state index is 14.3. The van der Waals surface area contributed by atoms with Gasteiger partial charge in [0.15, 0.2) is 0 Å². The highest BCUT2D eigenvalue weighted by Crippen LogP contribution is 2.40. The smallest absolute Gasteiger partial charge is 0.419 e. The molecule has 2 aromatic rings. The molecule has 0 aliphatic heterocycles. The first-order chi connectivity index (χ1) is 17.0. The monoisotopic (exact) mass is 480 g/mol. The molecule has 0 saturated heterocycles. The Kier molecular flexibility index (Phi) is 9.03. The van der Waals surface area contributed by atoms with Gasteiger partial charge >= 0.3 is 6.11 Å². The molecule has 0 bridgehead atoms. The lowest BCUT2D eigenvalue weighted by Crippen LogP contribution is -2.22. The second kappa shape index (κ2) is 12.2. The van der Waals surface area contributed by atoms with E-state index in [2.05, 4.69) is 31.2 Å².